The van der Waals surface area contributed by atoms with Gasteiger partial charge in [0.05, 0.1) is 11.4 Å². The van der Waals surface area contributed by atoms with E-state index >= 15 is 0 Å². The lowest BCUT2D eigenvalue weighted by molar-refractivity contribution is 0.520. The number of aliphatic imine (C=N–C) groups is 1. The van der Waals surface area contributed by atoms with Crippen molar-refractivity contribution in [3.63, 3.8) is 0 Å². The monoisotopic (exact) mass is 374 g/mol. The molecule has 0 aromatic heterocycles. The molecule has 0 radical (unpaired) electrons. The van der Waals surface area contributed by atoms with E-state index in [9.17, 15) is 8.42 Å². The fourth-order valence-electron chi connectivity index (χ4n) is 2.27. The molecule has 2 aromatic rings. The lowest BCUT2D eigenvalue weighted by atomic mass is 10.2. The Hall–Kier alpha value is -2.38. The molecule has 0 bridgehead atoms. The van der Waals surface area contributed by atoms with E-state index in [1.165, 1.54) is 18.4 Å². The van der Waals surface area contributed by atoms with Crippen LogP contribution in [0, 0.1) is 0 Å². The van der Waals surface area contributed by atoms with Gasteiger partial charge in [-0.1, -0.05) is 42.5 Å². The van der Waals surface area contributed by atoms with E-state index < -0.39 is 10.0 Å². The lowest BCUT2D eigenvalue weighted by Crippen LogP contribution is -2.36. The van der Waals surface area contributed by atoms with Gasteiger partial charge in [-0.05, 0) is 30.2 Å². The van der Waals surface area contributed by atoms with Crippen LogP contribution in [0.4, 0.5) is 0 Å². The molecule has 6 nitrogen and oxygen atoms in total. The summed E-state index contributed by atoms with van der Waals surface area (Å²) in [4.78, 5) is 4.86. The maximum Gasteiger partial charge on any atom is 0.242 e. The molecule has 26 heavy (non-hydrogen) atoms. The van der Waals surface area contributed by atoms with Crippen molar-refractivity contribution in [2.24, 2.45) is 4.99 Å². The second kappa shape index (κ2) is 9.35. The highest BCUT2D eigenvalue weighted by molar-refractivity contribution is 7.89. The topological polar surface area (TPSA) is 73.8 Å². The van der Waals surface area contributed by atoms with Crippen LogP contribution >= 0.6 is 0 Å². The summed E-state index contributed by atoms with van der Waals surface area (Å²) in [6.45, 7) is 3.93. The average Bonchev–Trinajstić information content (AvgIpc) is 2.65. The Morgan fingerprint density at radius 3 is 2.19 bits per heavy atom. The maximum atomic E-state index is 12.1. The van der Waals surface area contributed by atoms with Crippen molar-refractivity contribution >= 4 is 16.0 Å². The van der Waals surface area contributed by atoms with Crippen molar-refractivity contribution in [1.82, 2.24) is 14.9 Å². The van der Waals surface area contributed by atoms with Crippen LogP contribution in [0.5, 0.6) is 0 Å². The van der Waals surface area contributed by atoms with Crippen LogP contribution in [0.15, 0.2) is 64.5 Å². The van der Waals surface area contributed by atoms with Crippen LogP contribution < -0.4 is 10.6 Å². The zero-order valence-corrected chi connectivity index (χ0v) is 16.3. The van der Waals surface area contributed by atoms with Gasteiger partial charge in [0.25, 0.3) is 0 Å². The fourth-order valence-corrected chi connectivity index (χ4v) is 3.17. The Morgan fingerprint density at radius 1 is 0.962 bits per heavy atom. The number of nitrogens with one attached hydrogen (secondary N) is 2. The maximum absolute atomic E-state index is 12.1. The largest absolute Gasteiger partial charge is 0.357 e. The first-order valence-electron chi connectivity index (χ1n) is 8.51. The number of hydrogen-bond donors (Lipinski definition) is 2. The van der Waals surface area contributed by atoms with Gasteiger partial charge in [0, 0.05) is 27.2 Å². The first-order chi connectivity index (χ1) is 12.4. The second-order valence-corrected chi connectivity index (χ2v) is 8.12. The standard InChI is InChI=1S/C19H26N4O2S/c1-4-20-19(21-14-16-8-6-5-7-9-16)22-15-17-10-12-18(13-11-17)26(24,25)23(2)3/h5-13H,4,14-15H2,1-3H3,(H2,20,21,22). The van der Waals surface area contributed by atoms with Crippen LogP contribution in [0.1, 0.15) is 18.1 Å². The molecule has 2 rings (SSSR count). The number of nitrogens with zero attached hydrogens (tertiary/aromatic N) is 2. The molecule has 140 valence electrons. The molecule has 0 aliphatic rings. The summed E-state index contributed by atoms with van der Waals surface area (Å²) in [6, 6.07) is 16.9. The Balaban J connectivity index is 2.00. The van der Waals surface area contributed by atoms with Gasteiger partial charge < -0.3 is 10.6 Å². The number of rotatable bonds is 7. The molecule has 0 saturated heterocycles. The van der Waals surface area contributed by atoms with Crippen molar-refractivity contribution in [3.05, 3.63) is 65.7 Å². The van der Waals surface area contributed by atoms with Gasteiger partial charge in [0.1, 0.15) is 0 Å². The van der Waals surface area contributed by atoms with Gasteiger partial charge in [-0.2, -0.15) is 0 Å². The van der Waals surface area contributed by atoms with Gasteiger partial charge in [-0.3, -0.25) is 0 Å². The van der Waals surface area contributed by atoms with E-state index in [0.717, 1.165) is 23.6 Å². The highest BCUT2D eigenvalue weighted by atomic mass is 32.2. The summed E-state index contributed by atoms with van der Waals surface area (Å²) in [5.74, 6) is 0.723. The highest BCUT2D eigenvalue weighted by Gasteiger charge is 2.16. The van der Waals surface area contributed by atoms with Crippen molar-refractivity contribution in [1.29, 1.82) is 0 Å². The summed E-state index contributed by atoms with van der Waals surface area (Å²) in [7, 11) is -0.347. The van der Waals surface area contributed by atoms with Gasteiger partial charge in [0.2, 0.25) is 10.0 Å². The Morgan fingerprint density at radius 2 is 1.62 bits per heavy atom. The Kier molecular flexibility index (Phi) is 7.17. The van der Waals surface area contributed by atoms with Crippen LogP contribution in [0.3, 0.4) is 0 Å². The molecule has 7 heteroatoms. The molecule has 0 saturated carbocycles. The third kappa shape index (κ3) is 5.57. The molecule has 0 heterocycles. The minimum Gasteiger partial charge on any atom is -0.357 e. The Labute approximate surface area is 156 Å². The first kappa shape index (κ1) is 19.9. The van der Waals surface area contributed by atoms with Crippen molar-refractivity contribution in [2.75, 3.05) is 20.6 Å². The molecule has 0 amide bonds. The normalized spacial score (nSPS) is 12.2. The van der Waals surface area contributed by atoms with E-state index in [-0.39, 0.29) is 4.90 Å². The predicted molar refractivity (Wildman–Crippen MR) is 105 cm³/mol. The molecule has 0 aliphatic heterocycles. The van der Waals surface area contributed by atoms with Crippen LogP contribution in [-0.2, 0) is 23.1 Å². The zero-order chi connectivity index (χ0) is 19.0. The minimum atomic E-state index is -3.40. The lowest BCUT2D eigenvalue weighted by Gasteiger charge is -2.13. The van der Waals surface area contributed by atoms with Crippen molar-refractivity contribution < 1.29 is 8.42 Å². The summed E-state index contributed by atoms with van der Waals surface area (Å²) in [5.41, 5.74) is 2.12. The predicted octanol–water partition coefficient (Wildman–Crippen LogP) is 2.19. The molecule has 0 unspecified atom stereocenters. The third-order valence-electron chi connectivity index (χ3n) is 3.77. The van der Waals surface area contributed by atoms with Gasteiger partial charge in [-0.15, -0.1) is 0 Å². The quantitative estimate of drug-likeness (QED) is 0.576. The van der Waals surface area contributed by atoms with Crippen LogP contribution in [0.25, 0.3) is 0 Å². The number of benzene rings is 2. The first-order valence-corrected chi connectivity index (χ1v) is 9.95. The van der Waals surface area contributed by atoms with Gasteiger partial charge in [-0.25, -0.2) is 17.7 Å². The van der Waals surface area contributed by atoms with E-state index in [4.69, 9.17) is 0 Å². The summed E-state index contributed by atoms with van der Waals surface area (Å²) in [5, 5.41) is 6.48. The third-order valence-corrected chi connectivity index (χ3v) is 5.60. The van der Waals surface area contributed by atoms with Crippen LogP contribution in [0.2, 0.25) is 0 Å². The molecular formula is C19H26N4O2S. The second-order valence-electron chi connectivity index (χ2n) is 5.97. The Bertz CT molecular complexity index is 816. The average molecular weight is 375 g/mol. The van der Waals surface area contributed by atoms with Crippen molar-refractivity contribution in [2.45, 2.75) is 24.9 Å². The molecule has 0 fully saturated rings. The SMILES string of the molecule is CCNC(=NCc1ccccc1)NCc1ccc(S(=O)(=O)N(C)C)cc1. The molecule has 0 aliphatic carbocycles. The van der Waals surface area contributed by atoms with Gasteiger partial charge >= 0.3 is 0 Å². The molecule has 0 atom stereocenters. The van der Waals surface area contributed by atoms with E-state index in [1.54, 1.807) is 12.1 Å². The van der Waals surface area contributed by atoms with Gasteiger partial charge in [0.15, 0.2) is 5.96 Å². The number of sulfonamides is 1. The highest BCUT2D eigenvalue weighted by Crippen LogP contribution is 2.13. The smallest absolute Gasteiger partial charge is 0.242 e. The summed E-state index contributed by atoms with van der Waals surface area (Å²) in [6.07, 6.45) is 0. The van der Waals surface area contributed by atoms with Crippen LogP contribution in [-0.4, -0.2) is 39.3 Å². The molecule has 2 N–H and O–H groups in total. The van der Waals surface area contributed by atoms with E-state index in [1.807, 2.05) is 49.4 Å². The van der Waals surface area contributed by atoms with E-state index in [0.29, 0.717) is 13.1 Å². The number of guanidine groups is 1. The van der Waals surface area contributed by atoms with E-state index in [2.05, 4.69) is 15.6 Å². The summed E-state index contributed by atoms with van der Waals surface area (Å²) < 4.78 is 25.4. The minimum absolute atomic E-state index is 0.288. The molecular weight excluding hydrogens is 348 g/mol. The summed E-state index contributed by atoms with van der Waals surface area (Å²) >= 11 is 0. The fraction of sp³-hybridized carbons (Fsp3) is 0.316. The molecule has 2 aromatic carbocycles. The number of hydrogen-bond acceptors (Lipinski definition) is 3. The van der Waals surface area contributed by atoms with Crippen molar-refractivity contribution in [3.8, 4) is 0 Å². The molecule has 0 spiro atoms. The zero-order valence-electron chi connectivity index (χ0n) is 15.4.